The number of esters is 3. The molecule has 0 saturated carbocycles. The number of hydrogen-bond donors (Lipinski definition) is 0. The molecule has 0 atom stereocenters. The van der Waals surface area contributed by atoms with Gasteiger partial charge in [0.05, 0.1) is 25.2 Å². The topological polar surface area (TPSA) is 88.1 Å². The molecular formula is C23H36O7. The summed E-state index contributed by atoms with van der Waals surface area (Å²) in [6.45, 7) is 21.7. The highest BCUT2D eigenvalue weighted by Gasteiger charge is 2.34. The van der Waals surface area contributed by atoms with Gasteiger partial charge in [-0.1, -0.05) is 40.5 Å². The molecule has 30 heavy (non-hydrogen) atoms. The molecule has 0 spiro atoms. The van der Waals surface area contributed by atoms with Gasteiger partial charge in [-0.15, -0.1) is 0 Å². The van der Waals surface area contributed by atoms with Crippen molar-refractivity contribution >= 4 is 17.9 Å². The smallest absolute Gasteiger partial charge is 0.333 e. The Balaban J connectivity index is 5.07. The average Bonchev–Trinajstić information content (AvgIpc) is 2.66. The number of hydrogen-bond acceptors (Lipinski definition) is 7. The maximum Gasteiger partial charge on any atom is 0.333 e. The van der Waals surface area contributed by atoms with Crippen LogP contribution in [0.2, 0.25) is 0 Å². The van der Waals surface area contributed by atoms with Gasteiger partial charge in [0.25, 0.3) is 0 Å². The van der Waals surface area contributed by atoms with E-state index in [1.807, 2.05) is 20.8 Å². The molecule has 0 rings (SSSR count). The molecule has 0 aromatic heterocycles. The van der Waals surface area contributed by atoms with E-state index in [1.165, 1.54) is 0 Å². The van der Waals surface area contributed by atoms with Gasteiger partial charge in [-0.2, -0.15) is 0 Å². The van der Waals surface area contributed by atoms with Gasteiger partial charge in [0.1, 0.15) is 13.2 Å². The Morgan fingerprint density at radius 1 is 0.667 bits per heavy atom. The maximum absolute atomic E-state index is 11.8. The summed E-state index contributed by atoms with van der Waals surface area (Å²) in [5, 5.41) is 0. The molecule has 7 heteroatoms. The van der Waals surface area contributed by atoms with Crippen LogP contribution >= 0.6 is 0 Å². The first-order valence-electron chi connectivity index (χ1n) is 9.81. The lowest BCUT2D eigenvalue weighted by Crippen LogP contribution is -2.40. The molecule has 0 aliphatic carbocycles. The third-order valence-corrected chi connectivity index (χ3v) is 4.31. The van der Waals surface area contributed by atoms with Gasteiger partial charge in [0.2, 0.25) is 0 Å². The van der Waals surface area contributed by atoms with Gasteiger partial charge in [0.15, 0.2) is 0 Å². The highest BCUT2D eigenvalue weighted by Crippen LogP contribution is 2.27. The lowest BCUT2D eigenvalue weighted by Gasteiger charge is -2.33. The van der Waals surface area contributed by atoms with Gasteiger partial charge in [-0.3, -0.25) is 0 Å². The molecular weight excluding hydrogens is 388 g/mol. The van der Waals surface area contributed by atoms with Gasteiger partial charge < -0.3 is 18.9 Å². The summed E-state index contributed by atoms with van der Waals surface area (Å²) in [7, 11) is 0. The van der Waals surface area contributed by atoms with Crippen LogP contribution in [0.4, 0.5) is 0 Å². The van der Waals surface area contributed by atoms with E-state index in [1.54, 1.807) is 20.8 Å². The van der Waals surface area contributed by atoms with E-state index in [4.69, 9.17) is 18.9 Å². The third kappa shape index (κ3) is 10.4. The largest absolute Gasteiger partial charge is 0.462 e. The molecule has 0 N–H and O–H groups in total. The summed E-state index contributed by atoms with van der Waals surface area (Å²) in [4.78, 5) is 35.3. The Hall–Kier alpha value is -2.41. The normalized spacial score (nSPS) is 11.4. The van der Waals surface area contributed by atoms with E-state index in [2.05, 4.69) is 19.7 Å². The van der Waals surface area contributed by atoms with Crippen LogP contribution in [-0.4, -0.2) is 50.9 Å². The summed E-state index contributed by atoms with van der Waals surface area (Å²) < 4.78 is 21.8. The zero-order valence-electron chi connectivity index (χ0n) is 19.2. The molecule has 0 aromatic carbocycles. The molecule has 0 aromatic rings. The Labute approximate surface area is 180 Å². The molecule has 0 unspecified atom stereocenters. The first-order chi connectivity index (χ1) is 13.7. The predicted molar refractivity (Wildman–Crippen MR) is 115 cm³/mol. The summed E-state index contributed by atoms with van der Waals surface area (Å²) in [6.07, 6.45) is 0.533. The van der Waals surface area contributed by atoms with Crippen LogP contribution in [0.25, 0.3) is 0 Å². The molecule has 0 fully saturated rings. The van der Waals surface area contributed by atoms with Crippen LogP contribution < -0.4 is 0 Å². The van der Waals surface area contributed by atoms with Crippen molar-refractivity contribution in [3.8, 4) is 0 Å². The average molecular weight is 425 g/mol. The van der Waals surface area contributed by atoms with Gasteiger partial charge in [-0.25, -0.2) is 14.4 Å². The lowest BCUT2D eigenvalue weighted by atomic mass is 9.87. The van der Waals surface area contributed by atoms with E-state index >= 15 is 0 Å². The van der Waals surface area contributed by atoms with Crippen molar-refractivity contribution in [2.24, 2.45) is 10.8 Å². The highest BCUT2D eigenvalue weighted by molar-refractivity contribution is 5.87. The van der Waals surface area contributed by atoms with E-state index in [0.29, 0.717) is 12.0 Å². The summed E-state index contributed by atoms with van der Waals surface area (Å²) in [5.41, 5.74) is -0.301. The molecule has 0 amide bonds. The fraction of sp³-hybridized carbons (Fsp3) is 0.609. The van der Waals surface area contributed by atoms with Crippen molar-refractivity contribution in [1.29, 1.82) is 0 Å². The van der Waals surface area contributed by atoms with Crippen LogP contribution in [0.5, 0.6) is 0 Å². The lowest BCUT2D eigenvalue weighted by molar-refractivity contribution is -0.154. The predicted octanol–water partition coefficient (Wildman–Crippen LogP) is 3.78. The van der Waals surface area contributed by atoms with E-state index in [0.717, 1.165) is 0 Å². The molecule has 7 nitrogen and oxygen atoms in total. The number of rotatable bonds is 14. The Morgan fingerprint density at radius 3 is 1.37 bits per heavy atom. The molecule has 170 valence electrons. The van der Waals surface area contributed by atoms with Crippen molar-refractivity contribution in [3.05, 3.63) is 36.5 Å². The minimum atomic E-state index is -0.735. The molecule has 0 heterocycles. The monoisotopic (exact) mass is 424 g/mol. The fourth-order valence-corrected chi connectivity index (χ4v) is 2.08. The van der Waals surface area contributed by atoms with Crippen molar-refractivity contribution in [2.45, 2.75) is 48.0 Å². The summed E-state index contributed by atoms with van der Waals surface area (Å²) in [6, 6.07) is 0. The van der Waals surface area contributed by atoms with Crippen molar-refractivity contribution in [2.75, 3.05) is 33.0 Å². The van der Waals surface area contributed by atoms with Crippen LogP contribution in [0.15, 0.2) is 36.5 Å². The molecule has 0 radical (unpaired) electrons. The fourth-order valence-electron chi connectivity index (χ4n) is 2.08. The van der Waals surface area contributed by atoms with Crippen LogP contribution in [0.3, 0.4) is 0 Å². The van der Waals surface area contributed by atoms with Crippen molar-refractivity contribution < 1.29 is 33.3 Å². The second-order valence-corrected chi connectivity index (χ2v) is 8.58. The molecule has 0 saturated heterocycles. The molecule has 0 bridgehead atoms. The van der Waals surface area contributed by atoms with Crippen LogP contribution in [0, 0.1) is 10.8 Å². The minimum absolute atomic E-state index is 0.00371. The van der Waals surface area contributed by atoms with Crippen molar-refractivity contribution in [1.82, 2.24) is 0 Å². The number of ether oxygens (including phenoxy) is 4. The minimum Gasteiger partial charge on any atom is -0.462 e. The quantitative estimate of drug-likeness (QED) is 0.238. The van der Waals surface area contributed by atoms with E-state index in [9.17, 15) is 14.4 Å². The zero-order chi connectivity index (χ0) is 23.5. The third-order valence-electron chi connectivity index (χ3n) is 4.31. The molecule has 0 aliphatic heterocycles. The molecule has 0 aliphatic rings. The van der Waals surface area contributed by atoms with Gasteiger partial charge in [-0.05, 0) is 27.2 Å². The van der Waals surface area contributed by atoms with E-state index < -0.39 is 28.7 Å². The Morgan fingerprint density at radius 2 is 1.03 bits per heavy atom. The Bertz CT molecular complexity index is 643. The van der Waals surface area contributed by atoms with Crippen LogP contribution in [0.1, 0.15) is 48.0 Å². The van der Waals surface area contributed by atoms with Gasteiger partial charge in [0, 0.05) is 22.1 Å². The zero-order valence-corrected chi connectivity index (χ0v) is 19.2. The number of carbonyl (C=O) groups is 3. The number of carbonyl (C=O) groups excluding carboxylic acids is 3. The standard InChI is InChI=1S/C23H36O7/c1-10-23(14-29-20(25)17(4)5,15-30-21(26)18(6)7)13-27-11-22(8,9)12-28-19(24)16(2)3/h2,4,6,10-15H2,1,3,5,7-9H3. The SMILES string of the molecule is C=C(C)C(=O)OCC(C)(C)COCC(CC)(COC(=O)C(=C)C)COC(=O)C(=C)C. The van der Waals surface area contributed by atoms with Crippen LogP contribution in [-0.2, 0) is 33.3 Å². The first kappa shape index (κ1) is 27.6. The second-order valence-electron chi connectivity index (χ2n) is 8.58. The summed E-state index contributed by atoms with van der Waals surface area (Å²) in [5.74, 6) is -1.50. The van der Waals surface area contributed by atoms with Gasteiger partial charge >= 0.3 is 17.9 Å². The maximum atomic E-state index is 11.8. The first-order valence-corrected chi connectivity index (χ1v) is 9.81. The second kappa shape index (κ2) is 12.3. The van der Waals surface area contributed by atoms with E-state index in [-0.39, 0.29) is 44.2 Å². The van der Waals surface area contributed by atoms with Crippen molar-refractivity contribution in [3.63, 3.8) is 0 Å². The summed E-state index contributed by atoms with van der Waals surface area (Å²) >= 11 is 0. The Kier molecular flexibility index (Phi) is 11.3. The highest BCUT2D eigenvalue weighted by atomic mass is 16.6.